The van der Waals surface area contributed by atoms with Crippen LogP contribution in [0.2, 0.25) is 0 Å². The number of nitrogens with one attached hydrogen (secondary N) is 1. The summed E-state index contributed by atoms with van der Waals surface area (Å²) in [5, 5.41) is 3.43. The second-order valence-corrected chi connectivity index (χ2v) is 5.50. The standard InChI is InChI=1S/C12H27NS/c1-5-13-10-12(4)11(3)8-7-9-14-6-2/h11-13H,5-10H2,1-4H3. The Hall–Kier alpha value is 0.310. The lowest BCUT2D eigenvalue weighted by Crippen LogP contribution is -2.24. The fourth-order valence-electron chi connectivity index (χ4n) is 1.51. The lowest BCUT2D eigenvalue weighted by molar-refractivity contribution is 0.348. The first-order chi connectivity index (χ1) is 6.72. The summed E-state index contributed by atoms with van der Waals surface area (Å²) in [7, 11) is 0. The number of hydrogen-bond acceptors (Lipinski definition) is 2. The monoisotopic (exact) mass is 217 g/mol. The Kier molecular flexibility index (Phi) is 10.1. The van der Waals surface area contributed by atoms with Crippen molar-refractivity contribution in [1.29, 1.82) is 0 Å². The Bertz CT molecular complexity index is 117. The van der Waals surface area contributed by atoms with E-state index in [1.165, 1.54) is 30.9 Å². The summed E-state index contributed by atoms with van der Waals surface area (Å²) in [6.45, 7) is 11.4. The summed E-state index contributed by atoms with van der Waals surface area (Å²) in [6.07, 6.45) is 2.77. The molecule has 1 nitrogen and oxygen atoms in total. The number of thioether (sulfide) groups is 1. The summed E-state index contributed by atoms with van der Waals surface area (Å²) in [4.78, 5) is 0. The van der Waals surface area contributed by atoms with Gasteiger partial charge in [-0.3, -0.25) is 0 Å². The molecule has 0 bridgehead atoms. The second kappa shape index (κ2) is 9.85. The molecule has 2 heteroatoms. The van der Waals surface area contributed by atoms with Gasteiger partial charge in [-0.2, -0.15) is 11.8 Å². The van der Waals surface area contributed by atoms with Gasteiger partial charge in [-0.1, -0.05) is 27.7 Å². The molecular weight excluding hydrogens is 190 g/mol. The van der Waals surface area contributed by atoms with E-state index >= 15 is 0 Å². The smallest absolute Gasteiger partial charge is 0.00207 e. The maximum atomic E-state index is 3.43. The first kappa shape index (κ1) is 14.3. The van der Waals surface area contributed by atoms with Gasteiger partial charge >= 0.3 is 0 Å². The highest BCUT2D eigenvalue weighted by molar-refractivity contribution is 7.99. The van der Waals surface area contributed by atoms with Crippen LogP contribution in [0.4, 0.5) is 0 Å². The van der Waals surface area contributed by atoms with Crippen molar-refractivity contribution in [2.45, 2.75) is 40.5 Å². The van der Waals surface area contributed by atoms with Crippen molar-refractivity contribution in [1.82, 2.24) is 5.32 Å². The van der Waals surface area contributed by atoms with Crippen molar-refractivity contribution in [3.63, 3.8) is 0 Å². The van der Waals surface area contributed by atoms with Crippen LogP contribution < -0.4 is 5.32 Å². The van der Waals surface area contributed by atoms with E-state index in [4.69, 9.17) is 0 Å². The Labute approximate surface area is 94.4 Å². The zero-order chi connectivity index (χ0) is 10.8. The van der Waals surface area contributed by atoms with E-state index < -0.39 is 0 Å². The molecule has 2 atom stereocenters. The van der Waals surface area contributed by atoms with Crippen LogP contribution in [0, 0.1) is 11.8 Å². The van der Waals surface area contributed by atoms with E-state index in [9.17, 15) is 0 Å². The predicted octanol–water partition coefficient (Wildman–Crippen LogP) is 3.40. The zero-order valence-corrected chi connectivity index (χ0v) is 11.1. The maximum Gasteiger partial charge on any atom is -0.00207 e. The van der Waals surface area contributed by atoms with Crippen LogP contribution in [0.3, 0.4) is 0 Å². The fraction of sp³-hybridized carbons (Fsp3) is 1.00. The quantitative estimate of drug-likeness (QED) is 0.594. The summed E-state index contributed by atoms with van der Waals surface area (Å²) in [5.41, 5.74) is 0. The molecule has 0 saturated carbocycles. The largest absolute Gasteiger partial charge is 0.317 e. The molecule has 0 radical (unpaired) electrons. The maximum absolute atomic E-state index is 3.43. The van der Waals surface area contributed by atoms with Crippen molar-refractivity contribution in [2.24, 2.45) is 11.8 Å². The number of hydrogen-bond donors (Lipinski definition) is 1. The third kappa shape index (κ3) is 7.69. The van der Waals surface area contributed by atoms with E-state index in [0.29, 0.717) is 0 Å². The van der Waals surface area contributed by atoms with Crippen molar-refractivity contribution in [2.75, 3.05) is 24.6 Å². The minimum atomic E-state index is 0.821. The molecule has 0 saturated heterocycles. The highest BCUT2D eigenvalue weighted by Crippen LogP contribution is 2.17. The van der Waals surface area contributed by atoms with Crippen molar-refractivity contribution >= 4 is 11.8 Å². The van der Waals surface area contributed by atoms with Crippen LogP contribution in [-0.2, 0) is 0 Å². The Morgan fingerprint density at radius 2 is 1.86 bits per heavy atom. The van der Waals surface area contributed by atoms with Crippen molar-refractivity contribution < 1.29 is 0 Å². The predicted molar refractivity (Wildman–Crippen MR) is 69.1 cm³/mol. The topological polar surface area (TPSA) is 12.0 Å². The zero-order valence-electron chi connectivity index (χ0n) is 10.3. The molecule has 1 N–H and O–H groups in total. The molecule has 2 unspecified atom stereocenters. The molecular formula is C12H27NS. The summed E-state index contributed by atoms with van der Waals surface area (Å²) < 4.78 is 0. The molecule has 0 aliphatic rings. The van der Waals surface area contributed by atoms with Gasteiger partial charge < -0.3 is 5.32 Å². The van der Waals surface area contributed by atoms with Crippen LogP contribution in [0.5, 0.6) is 0 Å². The van der Waals surface area contributed by atoms with Gasteiger partial charge in [0.25, 0.3) is 0 Å². The molecule has 14 heavy (non-hydrogen) atoms. The van der Waals surface area contributed by atoms with Gasteiger partial charge in [-0.15, -0.1) is 0 Å². The minimum Gasteiger partial charge on any atom is -0.317 e. The van der Waals surface area contributed by atoms with Gasteiger partial charge in [-0.25, -0.2) is 0 Å². The molecule has 0 aromatic rings. The van der Waals surface area contributed by atoms with Crippen LogP contribution >= 0.6 is 11.8 Å². The number of rotatable bonds is 9. The molecule has 0 aliphatic carbocycles. The van der Waals surface area contributed by atoms with E-state index in [-0.39, 0.29) is 0 Å². The van der Waals surface area contributed by atoms with E-state index in [2.05, 4.69) is 44.8 Å². The highest BCUT2D eigenvalue weighted by Gasteiger charge is 2.10. The summed E-state index contributed by atoms with van der Waals surface area (Å²) in [5.74, 6) is 4.30. The minimum absolute atomic E-state index is 0.821. The normalized spacial score (nSPS) is 15.4. The van der Waals surface area contributed by atoms with Crippen LogP contribution in [-0.4, -0.2) is 24.6 Å². The van der Waals surface area contributed by atoms with Gasteiger partial charge in [0.2, 0.25) is 0 Å². The Morgan fingerprint density at radius 3 is 2.43 bits per heavy atom. The van der Waals surface area contributed by atoms with Crippen LogP contribution in [0.1, 0.15) is 40.5 Å². The van der Waals surface area contributed by atoms with Gasteiger partial charge in [-0.05, 0) is 49.3 Å². The first-order valence-corrected chi connectivity index (χ1v) is 7.16. The van der Waals surface area contributed by atoms with Gasteiger partial charge in [0.15, 0.2) is 0 Å². The average molecular weight is 217 g/mol. The summed E-state index contributed by atoms with van der Waals surface area (Å²) >= 11 is 2.06. The van der Waals surface area contributed by atoms with E-state index in [1.54, 1.807) is 0 Å². The third-order valence-corrected chi connectivity index (χ3v) is 3.83. The van der Waals surface area contributed by atoms with Crippen LogP contribution in [0.15, 0.2) is 0 Å². The fourth-order valence-corrected chi connectivity index (χ4v) is 2.17. The second-order valence-electron chi connectivity index (χ2n) is 4.10. The molecule has 0 fully saturated rings. The SMILES string of the molecule is CCNCC(C)C(C)CCCSCC. The van der Waals surface area contributed by atoms with Gasteiger partial charge in [0.1, 0.15) is 0 Å². The first-order valence-electron chi connectivity index (χ1n) is 6.00. The van der Waals surface area contributed by atoms with Gasteiger partial charge in [0, 0.05) is 0 Å². The van der Waals surface area contributed by atoms with Crippen molar-refractivity contribution in [3.05, 3.63) is 0 Å². The highest BCUT2D eigenvalue weighted by atomic mass is 32.2. The van der Waals surface area contributed by atoms with Crippen LogP contribution in [0.25, 0.3) is 0 Å². The summed E-state index contributed by atoms with van der Waals surface area (Å²) in [6, 6.07) is 0. The molecule has 0 aromatic carbocycles. The third-order valence-electron chi connectivity index (χ3n) is 2.84. The molecule has 0 amide bonds. The molecule has 0 heterocycles. The lowest BCUT2D eigenvalue weighted by Gasteiger charge is -2.19. The molecule has 0 aromatic heterocycles. The van der Waals surface area contributed by atoms with E-state index in [0.717, 1.165) is 18.4 Å². The Balaban J connectivity index is 3.36. The molecule has 86 valence electrons. The lowest BCUT2D eigenvalue weighted by atomic mass is 9.92. The molecule has 0 spiro atoms. The Morgan fingerprint density at radius 1 is 1.14 bits per heavy atom. The van der Waals surface area contributed by atoms with E-state index in [1.807, 2.05) is 0 Å². The average Bonchev–Trinajstić information content (AvgIpc) is 2.20. The van der Waals surface area contributed by atoms with Crippen molar-refractivity contribution in [3.8, 4) is 0 Å². The van der Waals surface area contributed by atoms with Gasteiger partial charge in [0.05, 0.1) is 0 Å². The molecule has 0 rings (SSSR count). The molecule has 0 aliphatic heterocycles.